The molecule has 0 bridgehead atoms. The van der Waals surface area contributed by atoms with Gasteiger partial charge < -0.3 is 0 Å². The molecule has 1 aromatic carbocycles. The van der Waals surface area contributed by atoms with Gasteiger partial charge in [0.1, 0.15) is 11.4 Å². The Hall–Kier alpha value is -1.65. The van der Waals surface area contributed by atoms with E-state index in [0.717, 1.165) is 18.2 Å². The fraction of sp³-hybridized carbons (Fsp3) is 0.250. The number of hydrogen-bond donors (Lipinski definition) is 0. The van der Waals surface area contributed by atoms with Crippen LogP contribution in [0.2, 0.25) is 0 Å². The first kappa shape index (κ1) is 13.4. The Kier molecular flexibility index (Phi) is 3.70. The van der Waals surface area contributed by atoms with E-state index in [0.29, 0.717) is 11.6 Å². The average molecular weight is 246 g/mol. The molecule has 0 aliphatic rings. The summed E-state index contributed by atoms with van der Waals surface area (Å²) in [6.07, 6.45) is -3.84. The van der Waals surface area contributed by atoms with Crippen LogP contribution < -0.4 is 0 Å². The van der Waals surface area contributed by atoms with E-state index in [1.54, 1.807) is 13.8 Å². The summed E-state index contributed by atoms with van der Waals surface area (Å²) >= 11 is 0. The molecule has 0 N–H and O–H groups in total. The summed E-state index contributed by atoms with van der Waals surface area (Å²) < 4.78 is 50.9. The molecule has 0 amide bonds. The van der Waals surface area contributed by atoms with Gasteiger partial charge in [-0.3, -0.25) is 4.79 Å². The monoisotopic (exact) mass is 246 g/mol. The van der Waals surface area contributed by atoms with Crippen molar-refractivity contribution in [2.45, 2.75) is 20.0 Å². The van der Waals surface area contributed by atoms with E-state index in [2.05, 4.69) is 0 Å². The second-order valence-corrected chi connectivity index (χ2v) is 3.75. The van der Waals surface area contributed by atoms with Crippen LogP contribution in [-0.4, -0.2) is 5.78 Å². The van der Waals surface area contributed by atoms with Gasteiger partial charge in [-0.1, -0.05) is 17.7 Å². The van der Waals surface area contributed by atoms with E-state index in [4.69, 9.17) is 0 Å². The largest absolute Gasteiger partial charge is 0.419 e. The van der Waals surface area contributed by atoms with Crippen molar-refractivity contribution >= 4 is 5.78 Å². The smallest absolute Gasteiger partial charge is 0.289 e. The van der Waals surface area contributed by atoms with Crippen LogP contribution in [0.3, 0.4) is 0 Å². The summed E-state index contributed by atoms with van der Waals surface area (Å²) in [5, 5.41) is 0. The highest BCUT2D eigenvalue weighted by Crippen LogP contribution is 2.34. The topological polar surface area (TPSA) is 17.1 Å². The van der Waals surface area contributed by atoms with Crippen LogP contribution in [0.1, 0.15) is 29.8 Å². The van der Waals surface area contributed by atoms with E-state index in [9.17, 15) is 22.4 Å². The van der Waals surface area contributed by atoms with Crippen LogP contribution in [-0.2, 0) is 6.18 Å². The first-order chi connectivity index (χ1) is 7.73. The van der Waals surface area contributed by atoms with Gasteiger partial charge >= 0.3 is 6.18 Å². The molecule has 1 nitrogen and oxygen atoms in total. The van der Waals surface area contributed by atoms with Crippen molar-refractivity contribution in [3.05, 3.63) is 46.8 Å². The Labute approximate surface area is 95.8 Å². The van der Waals surface area contributed by atoms with Crippen molar-refractivity contribution in [3.8, 4) is 0 Å². The molecule has 0 saturated heterocycles. The quantitative estimate of drug-likeness (QED) is 0.438. The van der Waals surface area contributed by atoms with Gasteiger partial charge in [0.15, 0.2) is 5.78 Å². The lowest BCUT2D eigenvalue weighted by molar-refractivity contribution is -0.140. The van der Waals surface area contributed by atoms with E-state index in [1.165, 1.54) is 0 Å². The van der Waals surface area contributed by atoms with Gasteiger partial charge in [-0.25, -0.2) is 4.39 Å². The SMILES string of the molecule is CC(C)=CC(=O)c1cccc(F)c1C(F)(F)F. The molecule has 0 saturated carbocycles. The average Bonchev–Trinajstić information content (AvgIpc) is 2.14. The van der Waals surface area contributed by atoms with Crippen molar-refractivity contribution in [2.75, 3.05) is 0 Å². The predicted molar refractivity (Wildman–Crippen MR) is 55.2 cm³/mol. The molecule has 0 unspecified atom stereocenters. The first-order valence-electron chi connectivity index (χ1n) is 4.78. The molecule has 0 aliphatic heterocycles. The van der Waals surface area contributed by atoms with Gasteiger partial charge in [0, 0.05) is 5.56 Å². The molecular weight excluding hydrogens is 236 g/mol. The molecular formula is C12H10F4O. The minimum atomic E-state index is -4.88. The summed E-state index contributed by atoms with van der Waals surface area (Å²) in [5.74, 6) is -2.29. The van der Waals surface area contributed by atoms with Crippen molar-refractivity contribution in [3.63, 3.8) is 0 Å². The van der Waals surface area contributed by atoms with E-state index >= 15 is 0 Å². The van der Waals surface area contributed by atoms with Gasteiger partial charge in [0.2, 0.25) is 0 Å². The molecule has 0 spiro atoms. The molecule has 0 aliphatic carbocycles. The minimum absolute atomic E-state index is 0.549. The summed E-state index contributed by atoms with van der Waals surface area (Å²) in [6, 6.07) is 2.73. The fourth-order valence-corrected chi connectivity index (χ4v) is 1.36. The Morgan fingerprint density at radius 1 is 1.24 bits per heavy atom. The Balaban J connectivity index is 3.40. The molecule has 92 valence electrons. The zero-order chi connectivity index (χ0) is 13.2. The first-order valence-corrected chi connectivity index (χ1v) is 4.78. The number of alkyl halides is 3. The molecule has 0 radical (unpaired) electrons. The number of benzene rings is 1. The van der Waals surface area contributed by atoms with Crippen LogP contribution in [0.4, 0.5) is 17.6 Å². The number of allylic oxidation sites excluding steroid dienone is 2. The van der Waals surface area contributed by atoms with Crippen LogP contribution >= 0.6 is 0 Å². The Bertz CT molecular complexity index is 468. The van der Waals surface area contributed by atoms with E-state index in [1.807, 2.05) is 0 Å². The second-order valence-electron chi connectivity index (χ2n) is 3.75. The third-order valence-corrected chi connectivity index (χ3v) is 1.98. The van der Waals surface area contributed by atoms with Crippen LogP contribution in [0.15, 0.2) is 29.8 Å². The number of hydrogen-bond acceptors (Lipinski definition) is 1. The van der Waals surface area contributed by atoms with Crippen LogP contribution in [0.5, 0.6) is 0 Å². The molecule has 0 aromatic heterocycles. The highest BCUT2D eigenvalue weighted by atomic mass is 19.4. The number of halogens is 4. The molecule has 1 aromatic rings. The second kappa shape index (κ2) is 4.69. The Morgan fingerprint density at radius 3 is 2.29 bits per heavy atom. The summed E-state index contributed by atoms with van der Waals surface area (Å²) in [5.41, 5.74) is -1.63. The lowest BCUT2D eigenvalue weighted by atomic mass is 10.0. The van der Waals surface area contributed by atoms with Crippen LogP contribution in [0.25, 0.3) is 0 Å². The number of carbonyl (C=O) groups excluding carboxylic acids is 1. The molecule has 0 atom stereocenters. The summed E-state index contributed by atoms with van der Waals surface area (Å²) in [7, 11) is 0. The maximum atomic E-state index is 13.2. The standard InChI is InChI=1S/C12H10F4O/c1-7(2)6-10(17)8-4-3-5-9(13)11(8)12(14,15)16/h3-6H,1-2H3. The van der Waals surface area contributed by atoms with Gasteiger partial charge in [-0.15, -0.1) is 0 Å². The third-order valence-electron chi connectivity index (χ3n) is 1.98. The normalized spacial score (nSPS) is 11.2. The van der Waals surface area contributed by atoms with Crippen molar-refractivity contribution in [1.29, 1.82) is 0 Å². The molecule has 0 fully saturated rings. The Morgan fingerprint density at radius 2 is 1.82 bits per heavy atom. The maximum Gasteiger partial charge on any atom is 0.419 e. The zero-order valence-electron chi connectivity index (χ0n) is 9.23. The summed E-state index contributed by atoms with van der Waals surface area (Å²) in [6.45, 7) is 3.15. The lowest BCUT2D eigenvalue weighted by Gasteiger charge is -2.11. The third kappa shape index (κ3) is 3.15. The van der Waals surface area contributed by atoms with Crippen molar-refractivity contribution in [1.82, 2.24) is 0 Å². The number of ketones is 1. The van der Waals surface area contributed by atoms with Gasteiger partial charge in [-0.05, 0) is 26.0 Å². The van der Waals surface area contributed by atoms with E-state index in [-0.39, 0.29) is 0 Å². The number of carbonyl (C=O) groups is 1. The van der Waals surface area contributed by atoms with Crippen molar-refractivity contribution in [2.24, 2.45) is 0 Å². The van der Waals surface area contributed by atoms with Gasteiger partial charge in [0.05, 0.1) is 0 Å². The molecule has 17 heavy (non-hydrogen) atoms. The minimum Gasteiger partial charge on any atom is -0.289 e. The van der Waals surface area contributed by atoms with Gasteiger partial charge in [-0.2, -0.15) is 13.2 Å². The van der Waals surface area contributed by atoms with E-state index < -0.39 is 28.9 Å². The molecule has 0 heterocycles. The zero-order valence-corrected chi connectivity index (χ0v) is 9.23. The molecule has 5 heteroatoms. The fourth-order valence-electron chi connectivity index (χ4n) is 1.36. The predicted octanol–water partition coefficient (Wildman–Crippen LogP) is 3.99. The maximum absolute atomic E-state index is 13.2. The number of rotatable bonds is 2. The van der Waals surface area contributed by atoms with Gasteiger partial charge in [0.25, 0.3) is 0 Å². The van der Waals surface area contributed by atoms with Crippen LogP contribution in [0, 0.1) is 5.82 Å². The van der Waals surface area contributed by atoms with Crippen molar-refractivity contribution < 1.29 is 22.4 Å². The lowest BCUT2D eigenvalue weighted by Crippen LogP contribution is -2.14. The highest BCUT2D eigenvalue weighted by molar-refractivity contribution is 6.06. The molecule has 1 rings (SSSR count). The summed E-state index contributed by atoms with van der Waals surface area (Å²) in [4.78, 5) is 11.5. The highest BCUT2D eigenvalue weighted by Gasteiger charge is 2.37.